The summed E-state index contributed by atoms with van der Waals surface area (Å²) in [5, 5.41) is 0. The molecule has 2 N–H and O–H groups in total. The maximum absolute atomic E-state index is 11.5. The molecule has 2 aromatic heterocycles. The molecule has 0 radical (unpaired) electrons. The van der Waals surface area contributed by atoms with Crippen LogP contribution in [0.3, 0.4) is 0 Å². The first-order valence-corrected chi connectivity index (χ1v) is 8.67. The van der Waals surface area contributed by atoms with Gasteiger partial charge in [-0.25, -0.2) is 15.0 Å². The third-order valence-electron chi connectivity index (χ3n) is 4.46. The lowest BCUT2D eigenvalue weighted by molar-refractivity contribution is 0.112. The van der Waals surface area contributed by atoms with Gasteiger partial charge in [0.1, 0.15) is 5.52 Å². The van der Waals surface area contributed by atoms with E-state index in [0.29, 0.717) is 23.0 Å². The first-order chi connectivity index (χ1) is 13.1. The highest BCUT2D eigenvalue weighted by Crippen LogP contribution is 2.26. The lowest BCUT2D eigenvalue weighted by Gasteiger charge is -2.10. The topological polar surface area (TPSA) is 81.8 Å². The van der Waals surface area contributed by atoms with E-state index in [0.717, 1.165) is 34.4 Å². The van der Waals surface area contributed by atoms with Crippen LogP contribution in [-0.4, -0.2) is 21.2 Å². The fourth-order valence-electron chi connectivity index (χ4n) is 3.15. The van der Waals surface area contributed by atoms with Gasteiger partial charge >= 0.3 is 0 Å². The summed E-state index contributed by atoms with van der Waals surface area (Å²) in [6.07, 6.45) is 1.46. The monoisotopic (exact) mass is 354 g/mol. The molecule has 0 atom stereocenters. The van der Waals surface area contributed by atoms with Crippen LogP contribution in [0.15, 0.2) is 60.7 Å². The Morgan fingerprint density at radius 3 is 2.56 bits per heavy atom. The predicted octanol–water partition coefficient (Wildman–Crippen LogP) is 3.99. The van der Waals surface area contributed by atoms with Crippen LogP contribution >= 0.6 is 0 Å². The molecule has 0 saturated heterocycles. The number of hydrogen-bond acceptors (Lipinski definition) is 5. The maximum Gasteiger partial charge on any atom is 0.220 e. The van der Waals surface area contributed by atoms with E-state index in [-0.39, 0.29) is 5.95 Å². The second kappa shape index (κ2) is 6.96. The molecule has 4 rings (SSSR count). The van der Waals surface area contributed by atoms with E-state index in [1.54, 1.807) is 0 Å². The Kier molecular flexibility index (Phi) is 4.34. The van der Waals surface area contributed by atoms with E-state index in [4.69, 9.17) is 10.7 Å². The number of carbonyl (C=O) groups excluding carboxylic acids is 1. The first-order valence-electron chi connectivity index (χ1n) is 8.67. The summed E-state index contributed by atoms with van der Waals surface area (Å²) < 4.78 is 0. The molecule has 0 aliphatic rings. The average Bonchev–Trinajstić information content (AvgIpc) is 2.68. The minimum absolute atomic E-state index is 0.229. The number of anilines is 1. The summed E-state index contributed by atoms with van der Waals surface area (Å²) in [4.78, 5) is 25.0. The second-order valence-electron chi connectivity index (χ2n) is 6.46. The maximum atomic E-state index is 11.5. The van der Waals surface area contributed by atoms with Crippen LogP contribution in [0.5, 0.6) is 0 Å². The normalized spacial score (nSPS) is 10.9. The van der Waals surface area contributed by atoms with Crippen LogP contribution in [-0.2, 0) is 6.42 Å². The lowest BCUT2D eigenvalue weighted by atomic mass is 10.0. The van der Waals surface area contributed by atoms with Gasteiger partial charge in [-0.2, -0.15) is 0 Å². The summed E-state index contributed by atoms with van der Waals surface area (Å²) in [5.74, 6) is 0.229. The van der Waals surface area contributed by atoms with E-state index in [1.165, 1.54) is 0 Å². The molecule has 0 unspecified atom stereocenters. The SMILES string of the molecule is Cc1ccc(C=O)c(-c2ccc3nc(N)nc(Cc4ccccc4)c3n2)c1. The summed E-state index contributed by atoms with van der Waals surface area (Å²) in [6.45, 7) is 1.99. The number of hydrogen-bond donors (Lipinski definition) is 1. The Bertz CT molecular complexity index is 1140. The number of aldehydes is 1. The third-order valence-corrected chi connectivity index (χ3v) is 4.46. The number of aromatic nitrogens is 3. The molecule has 4 aromatic rings. The van der Waals surface area contributed by atoms with Crippen LogP contribution in [0, 0.1) is 6.92 Å². The predicted molar refractivity (Wildman–Crippen MR) is 107 cm³/mol. The van der Waals surface area contributed by atoms with Crippen molar-refractivity contribution in [3.8, 4) is 11.3 Å². The van der Waals surface area contributed by atoms with Crippen molar-refractivity contribution in [2.45, 2.75) is 13.3 Å². The van der Waals surface area contributed by atoms with Crippen molar-refractivity contribution in [3.63, 3.8) is 0 Å². The molecule has 132 valence electrons. The highest BCUT2D eigenvalue weighted by molar-refractivity contribution is 5.89. The van der Waals surface area contributed by atoms with Gasteiger partial charge in [-0.05, 0) is 30.7 Å². The van der Waals surface area contributed by atoms with Gasteiger partial charge in [-0.15, -0.1) is 0 Å². The van der Waals surface area contributed by atoms with Gasteiger partial charge in [0, 0.05) is 17.5 Å². The standard InChI is InChI=1S/C22H18N4O/c1-14-7-8-16(13-27)17(11-14)18-9-10-19-21(24-18)20(26-22(23)25-19)12-15-5-3-2-4-6-15/h2-11,13H,12H2,1H3,(H2,23,25,26). The number of carbonyl (C=O) groups is 1. The summed E-state index contributed by atoms with van der Waals surface area (Å²) in [6, 6.07) is 19.5. The zero-order chi connectivity index (χ0) is 18.8. The van der Waals surface area contributed by atoms with Crippen LogP contribution in [0.4, 0.5) is 5.95 Å². The van der Waals surface area contributed by atoms with Crippen molar-refractivity contribution in [1.82, 2.24) is 15.0 Å². The van der Waals surface area contributed by atoms with Crippen LogP contribution in [0.2, 0.25) is 0 Å². The largest absolute Gasteiger partial charge is 0.368 e. The number of benzene rings is 2. The molecule has 0 spiro atoms. The average molecular weight is 354 g/mol. The number of nitrogen functional groups attached to an aromatic ring is 1. The molecule has 2 heterocycles. The van der Waals surface area contributed by atoms with E-state index < -0.39 is 0 Å². The van der Waals surface area contributed by atoms with E-state index in [2.05, 4.69) is 9.97 Å². The molecule has 0 aliphatic carbocycles. The number of pyridine rings is 1. The Hall–Kier alpha value is -3.60. The van der Waals surface area contributed by atoms with E-state index in [9.17, 15) is 4.79 Å². The Labute approximate surface area is 156 Å². The first kappa shape index (κ1) is 16.8. The molecule has 0 bridgehead atoms. The highest BCUT2D eigenvalue weighted by Gasteiger charge is 2.12. The quantitative estimate of drug-likeness (QED) is 0.561. The molecular weight excluding hydrogens is 336 g/mol. The zero-order valence-electron chi connectivity index (χ0n) is 14.9. The number of nitrogens with two attached hydrogens (primary N) is 1. The van der Waals surface area contributed by atoms with Crippen molar-refractivity contribution in [3.05, 3.63) is 83.0 Å². The number of fused-ring (bicyclic) bond motifs is 1. The van der Waals surface area contributed by atoms with Gasteiger partial charge in [0.2, 0.25) is 5.95 Å². The van der Waals surface area contributed by atoms with Crippen molar-refractivity contribution < 1.29 is 4.79 Å². The van der Waals surface area contributed by atoms with Gasteiger partial charge in [-0.3, -0.25) is 4.79 Å². The van der Waals surface area contributed by atoms with Crippen LogP contribution in [0.1, 0.15) is 27.2 Å². The number of rotatable bonds is 4. The summed E-state index contributed by atoms with van der Waals surface area (Å²) in [7, 11) is 0. The van der Waals surface area contributed by atoms with Crippen molar-refractivity contribution in [1.29, 1.82) is 0 Å². The van der Waals surface area contributed by atoms with Gasteiger partial charge < -0.3 is 5.73 Å². The molecule has 0 fully saturated rings. The van der Waals surface area contributed by atoms with Gasteiger partial charge in [0.05, 0.1) is 16.9 Å². The molecule has 5 heteroatoms. The van der Waals surface area contributed by atoms with Crippen LogP contribution < -0.4 is 5.73 Å². The van der Waals surface area contributed by atoms with Crippen LogP contribution in [0.25, 0.3) is 22.3 Å². The number of aryl methyl sites for hydroxylation is 1. The molecule has 0 aliphatic heterocycles. The van der Waals surface area contributed by atoms with E-state index >= 15 is 0 Å². The third kappa shape index (κ3) is 3.40. The lowest BCUT2D eigenvalue weighted by Crippen LogP contribution is -2.04. The fourth-order valence-corrected chi connectivity index (χ4v) is 3.15. The van der Waals surface area contributed by atoms with Crippen molar-refractivity contribution >= 4 is 23.3 Å². The Balaban J connectivity index is 1.89. The summed E-state index contributed by atoms with van der Waals surface area (Å²) >= 11 is 0. The van der Waals surface area contributed by atoms with Crippen molar-refractivity contribution in [2.75, 3.05) is 5.73 Å². The minimum atomic E-state index is 0.229. The van der Waals surface area contributed by atoms with Crippen molar-refractivity contribution in [2.24, 2.45) is 0 Å². The molecule has 5 nitrogen and oxygen atoms in total. The van der Waals surface area contributed by atoms with E-state index in [1.807, 2.05) is 67.6 Å². The molecule has 2 aromatic carbocycles. The van der Waals surface area contributed by atoms with Gasteiger partial charge in [0.25, 0.3) is 0 Å². The minimum Gasteiger partial charge on any atom is -0.368 e. The molecule has 27 heavy (non-hydrogen) atoms. The smallest absolute Gasteiger partial charge is 0.220 e. The zero-order valence-corrected chi connectivity index (χ0v) is 14.9. The molecule has 0 saturated carbocycles. The Morgan fingerprint density at radius 2 is 1.78 bits per heavy atom. The fraction of sp³-hybridized carbons (Fsp3) is 0.0909. The molecule has 0 amide bonds. The summed E-state index contributed by atoms with van der Waals surface area (Å²) in [5.41, 5.74) is 12.4. The van der Waals surface area contributed by atoms with Gasteiger partial charge in [0.15, 0.2) is 6.29 Å². The second-order valence-corrected chi connectivity index (χ2v) is 6.46. The number of nitrogens with zero attached hydrogens (tertiary/aromatic N) is 3. The highest BCUT2D eigenvalue weighted by atomic mass is 16.1. The molecular formula is C22H18N4O. The van der Waals surface area contributed by atoms with Gasteiger partial charge in [-0.1, -0.05) is 48.0 Å². The Morgan fingerprint density at radius 1 is 0.963 bits per heavy atom.